The maximum absolute atomic E-state index is 12.7. The Balaban J connectivity index is 2.12. The van der Waals surface area contributed by atoms with Crippen molar-refractivity contribution in [3.05, 3.63) is 65.7 Å². The summed E-state index contributed by atoms with van der Waals surface area (Å²) in [6, 6.07) is 15.3. The van der Waals surface area contributed by atoms with Crippen LogP contribution in [0.3, 0.4) is 0 Å². The number of likely N-dealkylation sites (N-methyl/N-ethyl adjacent to an activating group) is 1. The Kier molecular flexibility index (Phi) is 7.82. The predicted molar refractivity (Wildman–Crippen MR) is 106 cm³/mol. The second-order valence-corrected chi connectivity index (χ2v) is 6.25. The van der Waals surface area contributed by atoms with E-state index >= 15 is 0 Å². The van der Waals surface area contributed by atoms with E-state index in [2.05, 4.69) is 16.0 Å². The molecule has 27 heavy (non-hydrogen) atoms. The number of nitrogens with one attached hydrogen (secondary N) is 3. The van der Waals surface area contributed by atoms with Gasteiger partial charge in [-0.25, -0.2) is 0 Å². The number of hydrogen-bond acceptors (Lipinski definition) is 4. The highest BCUT2D eigenvalue weighted by Crippen LogP contribution is 2.16. The van der Waals surface area contributed by atoms with E-state index in [9.17, 15) is 9.59 Å². The second-order valence-electron chi connectivity index (χ2n) is 6.25. The number of ether oxygens (including phenoxy) is 1. The minimum absolute atomic E-state index is 0.146. The van der Waals surface area contributed by atoms with Crippen LogP contribution in [-0.2, 0) is 4.79 Å². The number of carbonyl (C=O) groups is 2. The smallest absolute Gasteiger partial charge is 0.252 e. The van der Waals surface area contributed by atoms with Gasteiger partial charge in [0.1, 0.15) is 11.8 Å². The zero-order chi connectivity index (χ0) is 19.6. The summed E-state index contributed by atoms with van der Waals surface area (Å²) in [4.78, 5) is 25.4. The minimum Gasteiger partial charge on any atom is -0.497 e. The van der Waals surface area contributed by atoms with Crippen LogP contribution in [0, 0.1) is 0 Å². The van der Waals surface area contributed by atoms with Crippen molar-refractivity contribution in [2.24, 2.45) is 0 Å². The van der Waals surface area contributed by atoms with Crippen molar-refractivity contribution < 1.29 is 14.3 Å². The molecule has 2 rings (SSSR count). The maximum Gasteiger partial charge on any atom is 0.252 e. The van der Waals surface area contributed by atoms with E-state index in [1.165, 1.54) is 0 Å². The molecule has 2 atom stereocenters. The van der Waals surface area contributed by atoms with Gasteiger partial charge in [-0.3, -0.25) is 9.59 Å². The molecule has 0 saturated heterocycles. The number of benzene rings is 2. The summed E-state index contributed by atoms with van der Waals surface area (Å²) in [5.41, 5.74) is 1.19. The van der Waals surface area contributed by atoms with E-state index in [1.54, 1.807) is 31.4 Å². The Labute approximate surface area is 160 Å². The first-order valence-electron chi connectivity index (χ1n) is 9.06. The molecule has 6 nitrogen and oxygen atoms in total. The van der Waals surface area contributed by atoms with Crippen LogP contribution in [0.1, 0.15) is 35.8 Å². The zero-order valence-corrected chi connectivity index (χ0v) is 16.0. The van der Waals surface area contributed by atoms with Gasteiger partial charge in [-0.05, 0) is 43.3 Å². The van der Waals surface area contributed by atoms with Crippen molar-refractivity contribution in [3.8, 4) is 5.75 Å². The Bertz CT molecular complexity index is 732. The van der Waals surface area contributed by atoms with Crippen molar-refractivity contribution in [2.75, 3.05) is 20.2 Å². The molecule has 0 aliphatic carbocycles. The lowest BCUT2D eigenvalue weighted by molar-refractivity contribution is -0.123. The number of carbonyl (C=O) groups excluding carboxylic acids is 2. The van der Waals surface area contributed by atoms with Crippen molar-refractivity contribution in [1.29, 1.82) is 0 Å². The van der Waals surface area contributed by atoms with Crippen LogP contribution in [0.15, 0.2) is 54.6 Å². The highest BCUT2D eigenvalue weighted by Gasteiger charge is 2.23. The molecule has 2 amide bonds. The van der Waals surface area contributed by atoms with Crippen LogP contribution in [0.2, 0.25) is 0 Å². The maximum atomic E-state index is 12.7. The van der Waals surface area contributed by atoms with Crippen LogP contribution in [0.4, 0.5) is 0 Å². The summed E-state index contributed by atoms with van der Waals surface area (Å²) in [7, 11) is 1.57. The fourth-order valence-corrected chi connectivity index (χ4v) is 2.68. The lowest BCUT2D eigenvalue weighted by atomic mass is 10.1. The molecule has 0 radical (unpaired) electrons. The van der Waals surface area contributed by atoms with Crippen molar-refractivity contribution in [1.82, 2.24) is 16.0 Å². The van der Waals surface area contributed by atoms with Crippen molar-refractivity contribution in [2.45, 2.75) is 25.9 Å². The molecule has 0 saturated carbocycles. The molecule has 2 aromatic rings. The number of hydrogen-bond donors (Lipinski definition) is 3. The molecular formula is C21H27N3O3. The minimum atomic E-state index is -0.769. The Morgan fingerprint density at radius 1 is 1.04 bits per heavy atom. The van der Waals surface area contributed by atoms with E-state index in [4.69, 9.17) is 4.74 Å². The van der Waals surface area contributed by atoms with E-state index in [1.807, 2.05) is 44.2 Å². The topological polar surface area (TPSA) is 79.5 Å². The molecular weight excluding hydrogens is 342 g/mol. The predicted octanol–water partition coefficient (Wildman–Crippen LogP) is 2.28. The molecule has 0 aliphatic rings. The third-order valence-corrected chi connectivity index (χ3v) is 4.16. The lowest BCUT2D eigenvalue weighted by Gasteiger charge is -2.21. The molecule has 3 N–H and O–H groups in total. The Hall–Kier alpha value is -2.86. The third kappa shape index (κ3) is 6.11. The molecule has 0 fully saturated rings. The third-order valence-electron chi connectivity index (χ3n) is 4.16. The molecule has 144 valence electrons. The second kappa shape index (κ2) is 10.3. The molecule has 1 unspecified atom stereocenters. The fraction of sp³-hybridized carbons (Fsp3) is 0.333. The van der Waals surface area contributed by atoms with Crippen molar-refractivity contribution in [3.63, 3.8) is 0 Å². The molecule has 0 spiro atoms. The average Bonchev–Trinajstić information content (AvgIpc) is 2.71. The van der Waals surface area contributed by atoms with Gasteiger partial charge in [0.05, 0.1) is 7.11 Å². The molecule has 0 aromatic heterocycles. The molecule has 0 bridgehead atoms. The average molecular weight is 369 g/mol. The molecule has 0 heterocycles. The molecule has 2 aromatic carbocycles. The fourth-order valence-electron chi connectivity index (χ4n) is 2.68. The van der Waals surface area contributed by atoms with Crippen LogP contribution >= 0.6 is 0 Å². The summed E-state index contributed by atoms with van der Waals surface area (Å²) < 4.78 is 5.11. The van der Waals surface area contributed by atoms with E-state index in [0.717, 1.165) is 12.1 Å². The van der Waals surface area contributed by atoms with Crippen LogP contribution in [-0.4, -0.2) is 38.1 Å². The standard InChI is InChI=1S/C21H27N3O3/c1-4-22-15(2)14-23-21(26)19(16-8-6-5-7-9-16)24-20(25)17-10-12-18(27-3)13-11-17/h5-13,15,19,22H,4,14H2,1-3H3,(H,23,26)(H,24,25)/t15-,19?/m1/s1. The van der Waals surface area contributed by atoms with Crippen molar-refractivity contribution >= 4 is 11.8 Å². The van der Waals surface area contributed by atoms with Gasteiger partial charge in [-0.1, -0.05) is 37.3 Å². The van der Waals surface area contributed by atoms with Gasteiger partial charge in [0.15, 0.2) is 0 Å². The Morgan fingerprint density at radius 3 is 2.30 bits per heavy atom. The molecule has 6 heteroatoms. The summed E-state index contributed by atoms with van der Waals surface area (Å²) >= 11 is 0. The summed E-state index contributed by atoms with van der Waals surface area (Å²) in [6.07, 6.45) is 0. The van der Waals surface area contributed by atoms with Crippen LogP contribution < -0.4 is 20.7 Å². The summed E-state index contributed by atoms with van der Waals surface area (Å²) in [5.74, 6) is 0.107. The quantitative estimate of drug-likeness (QED) is 0.634. The number of methoxy groups -OCH3 is 1. The lowest BCUT2D eigenvalue weighted by Crippen LogP contribution is -2.45. The largest absolute Gasteiger partial charge is 0.497 e. The first-order chi connectivity index (χ1) is 13.0. The van der Waals surface area contributed by atoms with E-state index in [-0.39, 0.29) is 17.9 Å². The van der Waals surface area contributed by atoms with Gasteiger partial charge in [0, 0.05) is 18.2 Å². The van der Waals surface area contributed by atoms with Gasteiger partial charge in [-0.15, -0.1) is 0 Å². The number of amides is 2. The van der Waals surface area contributed by atoms with Gasteiger partial charge >= 0.3 is 0 Å². The first-order valence-corrected chi connectivity index (χ1v) is 9.06. The van der Waals surface area contributed by atoms with Crippen LogP contribution in [0.5, 0.6) is 5.75 Å². The monoisotopic (exact) mass is 369 g/mol. The van der Waals surface area contributed by atoms with Gasteiger partial charge in [-0.2, -0.15) is 0 Å². The Morgan fingerprint density at radius 2 is 1.70 bits per heavy atom. The summed E-state index contributed by atoms with van der Waals surface area (Å²) in [5, 5.41) is 8.98. The number of rotatable bonds is 9. The SMILES string of the molecule is CCN[C@H](C)CNC(=O)C(NC(=O)c1ccc(OC)cc1)c1ccccc1. The van der Waals surface area contributed by atoms with Gasteiger partial charge in [0.25, 0.3) is 5.91 Å². The highest BCUT2D eigenvalue weighted by atomic mass is 16.5. The molecule has 0 aliphatic heterocycles. The van der Waals surface area contributed by atoms with Crippen LogP contribution in [0.25, 0.3) is 0 Å². The van der Waals surface area contributed by atoms with E-state index < -0.39 is 6.04 Å². The van der Waals surface area contributed by atoms with Gasteiger partial charge in [0.2, 0.25) is 5.91 Å². The van der Waals surface area contributed by atoms with Gasteiger partial charge < -0.3 is 20.7 Å². The zero-order valence-electron chi connectivity index (χ0n) is 16.0. The van der Waals surface area contributed by atoms with E-state index in [0.29, 0.717) is 17.9 Å². The normalized spacial score (nSPS) is 12.7. The highest BCUT2D eigenvalue weighted by molar-refractivity contribution is 5.98. The summed E-state index contributed by atoms with van der Waals surface area (Å²) in [6.45, 7) is 5.32. The first kappa shape index (κ1) is 20.5.